The van der Waals surface area contributed by atoms with E-state index in [4.69, 9.17) is 0 Å². The van der Waals surface area contributed by atoms with Crippen LogP contribution in [0.4, 0.5) is 24.5 Å². The Bertz CT molecular complexity index is 755. The van der Waals surface area contributed by atoms with Crippen molar-refractivity contribution >= 4 is 17.3 Å². The Labute approximate surface area is 127 Å². The molecule has 0 bridgehead atoms. The van der Waals surface area contributed by atoms with E-state index in [1.807, 2.05) is 0 Å². The van der Waals surface area contributed by atoms with E-state index >= 15 is 0 Å². The number of nitrogens with one attached hydrogen (secondary N) is 1. The van der Waals surface area contributed by atoms with Gasteiger partial charge in [-0.2, -0.15) is 18.3 Å². The Hall–Kier alpha value is -2.91. The summed E-state index contributed by atoms with van der Waals surface area (Å²) in [5.74, 6) is -0.728. The normalized spacial score (nSPS) is 11.3. The fourth-order valence-corrected chi connectivity index (χ4v) is 1.84. The van der Waals surface area contributed by atoms with Crippen LogP contribution in [0.5, 0.6) is 0 Å². The molecule has 10 heteroatoms. The lowest BCUT2D eigenvalue weighted by Crippen LogP contribution is -2.20. The van der Waals surface area contributed by atoms with Gasteiger partial charge in [0.1, 0.15) is 12.2 Å². The molecule has 7 nitrogen and oxygen atoms in total. The third-order valence-corrected chi connectivity index (χ3v) is 2.86. The lowest BCUT2D eigenvalue weighted by atomic mass is 10.2. The van der Waals surface area contributed by atoms with Crippen molar-refractivity contribution in [1.29, 1.82) is 0 Å². The van der Waals surface area contributed by atoms with Crippen LogP contribution in [0, 0.1) is 17.0 Å². The van der Waals surface area contributed by atoms with Gasteiger partial charge in [0.05, 0.1) is 4.92 Å². The fourth-order valence-electron chi connectivity index (χ4n) is 1.84. The number of nitro benzene ring substituents is 1. The summed E-state index contributed by atoms with van der Waals surface area (Å²) >= 11 is 0. The van der Waals surface area contributed by atoms with Crippen molar-refractivity contribution in [3.63, 3.8) is 0 Å². The molecule has 0 saturated heterocycles. The molecule has 0 aliphatic carbocycles. The third-order valence-electron chi connectivity index (χ3n) is 2.86. The summed E-state index contributed by atoms with van der Waals surface area (Å²) in [5, 5.41) is 16.5. The van der Waals surface area contributed by atoms with E-state index in [1.165, 1.54) is 12.1 Å². The van der Waals surface area contributed by atoms with Crippen molar-refractivity contribution in [1.82, 2.24) is 9.78 Å². The first kappa shape index (κ1) is 16.5. The van der Waals surface area contributed by atoms with Gasteiger partial charge in [-0.1, -0.05) is 6.07 Å². The van der Waals surface area contributed by atoms with Gasteiger partial charge in [-0.05, 0) is 24.6 Å². The number of carbonyl (C=O) groups is 1. The number of nitrogens with zero attached hydrogens (tertiary/aromatic N) is 3. The molecule has 0 spiro atoms. The van der Waals surface area contributed by atoms with Crippen LogP contribution in [0.15, 0.2) is 30.5 Å². The van der Waals surface area contributed by atoms with E-state index in [-0.39, 0.29) is 11.4 Å². The summed E-state index contributed by atoms with van der Waals surface area (Å²) in [6, 6.07) is 4.95. The van der Waals surface area contributed by atoms with Gasteiger partial charge in [0.15, 0.2) is 5.69 Å². The minimum Gasteiger partial charge on any atom is -0.319 e. The highest BCUT2D eigenvalue weighted by molar-refractivity contribution is 5.92. The molecule has 1 aromatic heterocycles. The van der Waals surface area contributed by atoms with Crippen LogP contribution in [0.25, 0.3) is 0 Å². The average Bonchev–Trinajstić information content (AvgIpc) is 2.89. The van der Waals surface area contributed by atoms with Crippen molar-refractivity contribution in [3.05, 3.63) is 51.8 Å². The van der Waals surface area contributed by atoms with Gasteiger partial charge in [-0.3, -0.25) is 19.6 Å². The summed E-state index contributed by atoms with van der Waals surface area (Å²) < 4.78 is 38.0. The van der Waals surface area contributed by atoms with Crippen LogP contribution in [-0.2, 0) is 17.5 Å². The fraction of sp³-hybridized carbons (Fsp3) is 0.231. The maximum absolute atomic E-state index is 12.4. The van der Waals surface area contributed by atoms with Crippen molar-refractivity contribution in [2.75, 3.05) is 5.32 Å². The molecule has 23 heavy (non-hydrogen) atoms. The summed E-state index contributed by atoms with van der Waals surface area (Å²) in [6.07, 6.45) is -3.59. The van der Waals surface area contributed by atoms with Crippen molar-refractivity contribution in [2.24, 2.45) is 0 Å². The number of anilines is 1. The number of aromatic nitrogens is 2. The minimum absolute atomic E-state index is 0.0335. The molecule has 0 atom stereocenters. The van der Waals surface area contributed by atoms with Gasteiger partial charge < -0.3 is 5.32 Å². The Kier molecular flexibility index (Phi) is 4.34. The zero-order chi connectivity index (χ0) is 17.2. The van der Waals surface area contributed by atoms with Gasteiger partial charge in [-0.25, -0.2) is 0 Å². The smallest absolute Gasteiger partial charge is 0.319 e. The van der Waals surface area contributed by atoms with E-state index in [9.17, 15) is 28.1 Å². The van der Waals surface area contributed by atoms with Crippen molar-refractivity contribution in [2.45, 2.75) is 19.6 Å². The second-order valence-corrected chi connectivity index (χ2v) is 4.72. The Morgan fingerprint density at radius 1 is 1.39 bits per heavy atom. The first-order valence-corrected chi connectivity index (χ1v) is 6.32. The average molecular weight is 328 g/mol. The molecular weight excluding hydrogens is 317 g/mol. The van der Waals surface area contributed by atoms with E-state index in [1.54, 1.807) is 13.0 Å². The number of aryl methyl sites for hydroxylation is 1. The topological polar surface area (TPSA) is 90.1 Å². The molecule has 1 N–H and O–H groups in total. The lowest BCUT2D eigenvalue weighted by molar-refractivity contribution is -0.384. The van der Waals surface area contributed by atoms with Gasteiger partial charge in [0.2, 0.25) is 5.91 Å². The molecule has 0 aliphatic heterocycles. The van der Waals surface area contributed by atoms with E-state index in [0.29, 0.717) is 5.56 Å². The summed E-state index contributed by atoms with van der Waals surface area (Å²) in [5.41, 5.74) is -0.813. The van der Waals surface area contributed by atoms with Gasteiger partial charge >= 0.3 is 6.18 Å². The lowest BCUT2D eigenvalue weighted by Gasteiger charge is -2.07. The Morgan fingerprint density at radius 3 is 2.65 bits per heavy atom. The second-order valence-electron chi connectivity index (χ2n) is 4.72. The van der Waals surface area contributed by atoms with Crippen LogP contribution in [0.2, 0.25) is 0 Å². The number of benzene rings is 1. The van der Waals surface area contributed by atoms with E-state index < -0.39 is 29.2 Å². The van der Waals surface area contributed by atoms with Gasteiger partial charge in [-0.15, -0.1) is 0 Å². The predicted molar refractivity (Wildman–Crippen MR) is 73.7 cm³/mol. The van der Waals surface area contributed by atoms with E-state index in [2.05, 4.69) is 10.4 Å². The molecule has 0 saturated carbocycles. The monoisotopic (exact) mass is 328 g/mol. The molecule has 0 radical (unpaired) electrons. The van der Waals surface area contributed by atoms with Crippen molar-refractivity contribution in [3.8, 4) is 0 Å². The molecule has 0 unspecified atom stereocenters. The SMILES string of the molecule is Cc1ccc(NC(=O)Cn2ccc(C(F)(F)F)n2)c([N+](=O)[O-])c1. The summed E-state index contributed by atoms with van der Waals surface area (Å²) in [4.78, 5) is 22.1. The number of hydrogen-bond donors (Lipinski definition) is 1. The maximum atomic E-state index is 12.4. The number of nitro groups is 1. The molecular formula is C13H11F3N4O3. The van der Waals surface area contributed by atoms with Gasteiger partial charge in [0.25, 0.3) is 5.69 Å². The standard InChI is InChI=1S/C13H11F3N4O3/c1-8-2-3-9(10(6-8)20(22)23)17-12(21)7-19-5-4-11(18-19)13(14,15)16/h2-6H,7H2,1H3,(H,17,21). The molecule has 0 aliphatic rings. The molecule has 2 aromatic rings. The van der Waals surface area contributed by atoms with Crippen LogP contribution in [0.1, 0.15) is 11.3 Å². The highest BCUT2D eigenvalue weighted by Gasteiger charge is 2.33. The first-order chi connectivity index (χ1) is 10.7. The number of carbonyl (C=O) groups excluding carboxylic acids is 1. The molecule has 2 rings (SSSR count). The zero-order valence-electron chi connectivity index (χ0n) is 11.8. The number of alkyl halides is 3. The zero-order valence-corrected chi connectivity index (χ0v) is 11.8. The number of rotatable bonds is 4. The number of hydrogen-bond acceptors (Lipinski definition) is 4. The highest BCUT2D eigenvalue weighted by atomic mass is 19.4. The number of amides is 1. The van der Waals surface area contributed by atoms with E-state index in [0.717, 1.165) is 16.9 Å². The molecule has 0 fully saturated rings. The molecule has 1 aromatic carbocycles. The number of halogens is 3. The minimum atomic E-state index is -4.60. The molecule has 1 heterocycles. The summed E-state index contributed by atoms with van der Waals surface area (Å²) in [7, 11) is 0. The molecule has 122 valence electrons. The first-order valence-electron chi connectivity index (χ1n) is 6.32. The quantitative estimate of drug-likeness (QED) is 0.690. The summed E-state index contributed by atoms with van der Waals surface area (Å²) in [6.45, 7) is 1.15. The van der Waals surface area contributed by atoms with Crippen LogP contribution >= 0.6 is 0 Å². The van der Waals surface area contributed by atoms with Crippen LogP contribution in [0.3, 0.4) is 0 Å². The third kappa shape index (κ3) is 4.05. The van der Waals surface area contributed by atoms with Crippen LogP contribution in [-0.4, -0.2) is 20.6 Å². The highest BCUT2D eigenvalue weighted by Crippen LogP contribution is 2.27. The second kappa shape index (κ2) is 6.07. The molecule has 1 amide bonds. The maximum Gasteiger partial charge on any atom is 0.435 e. The van der Waals surface area contributed by atoms with Gasteiger partial charge in [0, 0.05) is 12.3 Å². The largest absolute Gasteiger partial charge is 0.435 e. The Balaban J connectivity index is 2.11. The predicted octanol–water partition coefficient (Wildman–Crippen LogP) is 2.76. The Morgan fingerprint density at radius 2 is 2.09 bits per heavy atom. The van der Waals surface area contributed by atoms with Crippen LogP contribution < -0.4 is 5.32 Å². The van der Waals surface area contributed by atoms with Crippen molar-refractivity contribution < 1.29 is 22.9 Å².